The molecule has 140 valence electrons. The van der Waals surface area contributed by atoms with Crippen molar-refractivity contribution in [1.82, 2.24) is 9.97 Å². The first kappa shape index (κ1) is 18.4. The summed E-state index contributed by atoms with van der Waals surface area (Å²) in [4.78, 5) is 41.8. The number of nitrogens with one attached hydrogen (secondary N) is 3. The van der Waals surface area contributed by atoms with Crippen molar-refractivity contribution in [2.75, 3.05) is 11.9 Å². The molecule has 1 unspecified atom stereocenters. The van der Waals surface area contributed by atoms with Crippen molar-refractivity contribution < 1.29 is 9.53 Å². The highest BCUT2D eigenvalue weighted by Crippen LogP contribution is 2.39. The zero-order chi connectivity index (χ0) is 19.6. The molecule has 1 aliphatic heterocycles. The van der Waals surface area contributed by atoms with Crippen LogP contribution in [-0.2, 0) is 16.0 Å². The Labute approximate surface area is 155 Å². The predicted molar refractivity (Wildman–Crippen MR) is 103 cm³/mol. The number of H-pyrrole nitrogens is 2. The highest BCUT2D eigenvalue weighted by molar-refractivity contribution is 5.94. The van der Waals surface area contributed by atoms with Gasteiger partial charge in [-0.2, -0.15) is 0 Å². The molecule has 2 heterocycles. The largest absolute Gasteiger partial charge is 0.458 e. The van der Waals surface area contributed by atoms with Crippen LogP contribution in [0.4, 0.5) is 5.82 Å². The summed E-state index contributed by atoms with van der Waals surface area (Å²) in [6, 6.07) is 7.69. The lowest BCUT2D eigenvalue weighted by molar-refractivity contribution is -0.138. The topological polar surface area (TPSA) is 104 Å². The van der Waals surface area contributed by atoms with E-state index in [4.69, 9.17) is 4.74 Å². The number of carbonyl (C=O) groups excluding carboxylic acids is 1. The molecule has 0 fully saturated rings. The number of carbonyl (C=O) groups is 1. The van der Waals surface area contributed by atoms with E-state index in [0.717, 1.165) is 17.5 Å². The molecule has 3 N–H and O–H groups in total. The first-order valence-electron chi connectivity index (χ1n) is 8.67. The van der Waals surface area contributed by atoms with E-state index in [2.05, 4.69) is 21.9 Å². The van der Waals surface area contributed by atoms with Gasteiger partial charge in [-0.1, -0.05) is 43.8 Å². The van der Waals surface area contributed by atoms with Crippen LogP contribution in [0.1, 0.15) is 36.5 Å². The summed E-state index contributed by atoms with van der Waals surface area (Å²) in [6.45, 7) is 7.37. The SMILES string of the molecule is C=CCOC(=O)C1=C(C)Nc2[nH]c(=O)[nH]c(=O)c2C1c1ccc(CC)cc1. The van der Waals surface area contributed by atoms with Crippen LogP contribution in [-0.4, -0.2) is 22.5 Å². The molecule has 27 heavy (non-hydrogen) atoms. The molecule has 0 aliphatic carbocycles. The Morgan fingerprint density at radius 3 is 2.56 bits per heavy atom. The van der Waals surface area contributed by atoms with Gasteiger partial charge in [-0.05, 0) is 24.5 Å². The molecule has 2 aromatic rings. The molecule has 1 atom stereocenters. The summed E-state index contributed by atoms with van der Waals surface area (Å²) in [6.07, 6.45) is 2.35. The summed E-state index contributed by atoms with van der Waals surface area (Å²) < 4.78 is 5.24. The Morgan fingerprint density at radius 2 is 1.93 bits per heavy atom. The molecule has 0 amide bonds. The van der Waals surface area contributed by atoms with Crippen molar-refractivity contribution >= 4 is 11.8 Å². The third kappa shape index (κ3) is 3.48. The van der Waals surface area contributed by atoms with Gasteiger partial charge in [0.15, 0.2) is 0 Å². The summed E-state index contributed by atoms with van der Waals surface area (Å²) in [5, 5.41) is 2.95. The van der Waals surface area contributed by atoms with Crippen LogP contribution in [0, 0.1) is 0 Å². The second kappa shape index (κ2) is 7.49. The maximum atomic E-state index is 12.7. The Hall–Kier alpha value is -3.35. The van der Waals surface area contributed by atoms with Crippen molar-refractivity contribution in [2.24, 2.45) is 0 Å². The standard InChI is InChI=1S/C20H21N3O4/c1-4-10-27-19(25)14-11(3)21-17-16(18(24)23-20(26)22-17)15(14)13-8-6-12(5-2)7-9-13/h4,6-9,15H,1,5,10H2,2-3H3,(H3,21,22,23,24,26). The highest BCUT2D eigenvalue weighted by Gasteiger charge is 2.35. The van der Waals surface area contributed by atoms with Gasteiger partial charge in [0.25, 0.3) is 5.56 Å². The predicted octanol–water partition coefficient (Wildman–Crippen LogP) is 2.19. The van der Waals surface area contributed by atoms with Gasteiger partial charge in [0, 0.05) is 5.70 Å². The average Bonchev–Trinajstić information content (AvgIpc) is 2.64. The Kier molecular flexibility index (Phi) is 5.12. The first-order valence-corrected chi connectivity index (χ1v) is 8.67. The lowest BCUT2D eigenvalue weighted by Gasteiger charge is -2.28. The van der Waals surface area contributed by atoms with E-state index in [1.54, 1.807) is 6.92 Å². The van der Waals surface area contributed by atoms with Crippen molar-refractivity contribution in [2.45, 2.75) is 26.2 Å². The molecular formula is C20H21N3O4. The fraction of sp³-hybridized carbons (Fsp3) is 0.250. The van der Waals surface area contributed by atoms with Crippen LogP contribution >= 0.6 is 0 Å². The van der Waals surface area contributed by atoms with Gasteiger partial charge < -0.3 is 10.1 Å². The van der Waals surface area contributed by atoms with E-state index >= 15 is 0 Å². The second-order valence-electron chi connectivity index (χ2n) is 6.28. The number of ether oxygens (including phenoxy) is 1. The van der Waals surface area contributed by atoms with E-state index in [0.29, 0.717) is 11.3 Å². The maximum absolute atomic E-state index is 12.7. The number of aromatic amines is 2. The first-order chi connectivity index (χ1) is 13.0. The molecule has 0 saturated carbocycles. The molecule has 0 saturated heterocycles. The molecular weight excluding hydrogens is 346 g/mol. The molecule has 1 aromatic carbocycles. The van der Waals surface area contributed by atoms with E-state index in [-0.39, 0.29) is 18.0 Å². The number of anilines is 1. The lowest BCUT2D eigenvalue weighted by Crippen LogP contribution is -2.35. The van der Waals surface area contributed by atoms with Crippen molar-refractivity contribution in [3.63, 3.8) is 0 Å². The molecule has 7 nitrogen and oxygen atoms in total. The minimum atomic E-state index is -0.662. The number of hydrogen-bond donors (Lipinski definition) is 3. The number of fused-ring (bicyclic) bond motifs is 1. The highest BCUT2D eigenvalue weighted by atomic mass is 16.5. The molecule has 1 aromatic heterocycles. The summed E-state index contributed by atoms with van der Waals surface area (Å²) in [5.74, 6) is -0.920. The molecule has 7 heteroatoms. The fourth-order valence-corrected chi connectivity index (χ4v) is 3.25. The van der Waals surface area contributed by atoms with Crippen LogP contribution in [0.5, 0.6) is 0 Å². The van der Waals surface area contributed by atoms with Crippen LogP contribution in [0.25, 0.3) is 0 Å². The lowest BCUT2D eigenvalue weighted by atomic mass is 9.82. The number of hydrogen-bond acceptors (Lipinski definition) is 5. The number of esters is 1. The molecule has 0 radical (unpaired) electrons. The van der Waals surface area contributed by atoms with Crippen molar-refractivity contribution in [1.29, 1.82) is 0 Å². The van der Waals surface area contributed by atoms with E-state index in [1.807, 2.05) is 31.2 Å². The van der Waals surface area contributed by atoms with Crippen molar-refractivity contribution in [3.05, 3.63) is 85.7 Å². The fourth-order valence-electron chi connectivity index (χ4n) is 3.25. The number of aryl methyl sites for hydroxylation is 1. The van der Waals surface area contributed by atoms with Gasteiger partial charge in [-0.15, -0.1) is 0 Å². The Balaban J connectivity index is 2.21. The number of allylic oxidation sites excluding steroid dienone is 1. The van der Waals surface area contributed by atoms with Gasteiger partial charge in [0.05, 0.1) is 17.1 Å². The average molecular weight is 367 g/mol. The number of rotatable bonds is 5. The summed E-state index contributed by atoms with van der Waals surface area (Å²) in [7, 11) is 0. The minimum absolute atomic E-state index is 0.0615. The Bertz CT molecular complexity index is 1030. The van der Waals surface area contributed by atoms with E-state index < -0.39 is 23.1 Å². The van der Waals surface area contributed by atoms with Crippen LogP contribution in [0.2, 0.25) is 0 Å². The zero-order valence-corrected chi connectivity index (χ0v) is 15.2. The van der Waals surface area contributed by atoms with Crippen LogP contribution < -0.4 is 16.6 Å². The number of aromatic nitrogens is 2. The van der Waals surface area contributed by atoms with Gasteiger partial charge in [0.2, 0.25) is 0 Å². The van der Waals surface area contributed by atoms with Crippen molar-refractivity contribution in [3.8, 4) is 0 Å². The van der Waals surface area contributed by atoms with E-state index in [9.17, 15) is 14.4 Å². The molecule has 0 spiro atoms. The Morgan fingerprint density at radius 1 is 1.22 bits per heavy atom. The summed E-state index contributed by atoms with van der Waals surface area (Å²) in [5.41, 5.74) is 1.85. The van der Waals surface area contributed by atoms with Gasteiger partial charge in [-0.25, -0.2) is 9.59 Å². The van der Waals surface area contributed by atoms with Gasteiger partial charge >= 0.3 is 11.7 Å². The smallest absolute Gasteiger partial charge is 0.337 e. The normalized spacial score (nSPS) is 15.7. The maximum Gasteiger partial charge on any atom is 0.337 e. The monoisotopic (exact) mass is 367 g/mol. The van der Waals surface area contributed by atoms with Gasteiger partial charge in [-0.3, -0.25) is 14.8 Å². The number of benzene rings is 1. The molecule has 3 rings (SSSR count). The summed E-state index contributed by atoms with van der Waals surface area (Å²) >= 11 is 0. The van der Waals surface area contributed by atoms with Crippen LogP contribution in [0.15, 0.2) is 57.8 Å². The zero-order valence-electron chi connectivity index (χ0n) is 15.2. The third-order valence-corrected chi connectivity index (χ3v) is 4.55. The van der Waals surface area contributed by atoms with E-state index in [1.165, 1.54) is 6.08 Å². The quantitative estimate of drug-likeness (QED) is 0.555. The minimum Gasteiger partial charge on any atom is -0.458 e. The second-order valence-corrected chi connectivity index (χ2v) is 6.28. The van der Waals surface area contributed by atoms with Crippen LogP contribution in [0.3, 0.4) is 0 Å². The molecule has 0 bridgehead atoms. The molecule has 1 aliphatic rings. The van der Waals surface area contributed by atoms with Gasteiger partial charge in [0.1, 0.15) is 12.4 Å². The third-order valence-electron chi connectivity index (χ3n) is 4.55.